The first-order chi connectivity index (χ1) is 6.79. The molecule has 1 saturated heterocycles. The van der Waals surface area contributed by atoms with Gasteiger partial charge in [0.2, 0.25) is 0 Å². The monoisotopic (exact) mass is 249 g/mol. The van der Waals surface area contributed by atoms with E-state index in [0.29, 0.717) is 17.0 Å². The van der Waals surface area contributed by atoms with Gasteiger partial charge in [0.05, 0.1) is 28.0 Å². The minimum absolute atomic E-state index is 0.376. The SMILES string of the molecule is NCC(SC1COC1)c1ccc(Cl)s1. The Morgan fingerprint density at radius 2 is 2.43 bits per heavy atom. The molecular formula is C9H12ClNOS2. The van der Waals surface area contributed by atoms with Gasteiger partial charge in [0.15, 0.2) is 0 Å². The predicted molar refractivity (Wildman–Crippen MR) is 63.3 cm³/mol. The summed E-state index contributed by atoms with van der Waals surface area (Å²) in [6.07, 6.45) is 0. The molecule has 2 N–H and O–H groups in total. The zero-order valence-electron chi connectivity index (χ0n) is 7.61. The van der Waals surface area contributed by atoms with E-state index < -0.39 is 0 Å². The quantitative estimate of drug-likeness (QED) is 0.891. The van der Waals surface area contributed by atoms with Crippen molar-refractivity contribution in [3.63, 3.8) is 0 Å². The third-order valence-corrected chi connectivity index (χ3v) is 5.02. The van der Waals surface area contributed by atoms with Crippen LogP contribution in [0, 0.1) is 0 Å². The molecule has 2 heterocycles. The molecule has 1 fully saturated rings. The maximum absolute atomic E-state index is 5.89. The first-order valence-corrected chi connectivity index (χ1v) is 6.62. The van der Waals surface area contributed by atoms with E-state index in [2.05, 4.69) is 6.07 Å². The molecule has 2 nitrogen and oxygen atoms in total. The summed E-state index contributed by atoms with van der Waals surface area (Å²) in [5.41, 5.74) is 5.74. The summed E-state index contributed by atoms with van der Waals surface area (Å²) < 4.78 is 5.97. The summed E-state index contributed by atoms with van der Waals surface area (Å²) in [4.78, 5) is 1.27. The highest BCUT2D eigenvalue weighted by Gasteiger charge is 2.24. The second-order valence-electron chi connectivity index (χ2n) is 3.16. The lowest BCUT2D eigenvalue weighted by atomic mass is 10.3. The van der Waals surface area contributed by atoms with Crippen molar-refractivity contribution in [3.8, 4) is 0 Å². The number of ether oxygens (including phenoxy) is 1. The van der Waals surface area contributed by atoms with E-state index in [1.165, 1.54) is 4.88 Å². The molecule has 1 aliphatic rings. The molecule has 0 aromatic carbocycles. The number of nitrogens with two attached hydrogens (primary N) is 1. The largest absolute Gasteiger partial charge is 0.379 e. The van der Waals surface area contributed by atoms with Crippen molar-refractivity contribution in [2.24, 2.45) is 5.73 Å². The summed E-state index contributed by atoms with van der Waals surface area (Å²) in [5, 5.41) is 0.992. The van der Waals surface area contributed by atoms with Gasteiger partial charge in [-0.25, -0.2) is 0 Å². The van der Waals surface area contributed by atoms with Crippen LogP contribution in [-0.2, 0) is 4.74 Å². The lowest BCUT2D eigenvalue weighted by molar-refractivity contribution is 0.0453. The van der Waals surface area contributed by atoms with Gasteiger partial charge in [-0.15, -0.1) is 23.1 Å². The Morgan fingerprint density at radius 1 is 1.64 bits per heavy atom. The number of hydrogen-bond donors (Lipinski definition) is 1. The van der Waals surface area contributed by atoms with Crippen molar-refractivity contribution in [2.45, 2.75) is 10.5 Å². The van der Waals surface area contributed by atoms with Crippen LogP contribution in [-0.4, -0.2) is 25.0 Å². The first-order valence-electron chi connectivity index (χ1n) is 4.48. The van der Waals surface area contributed by atoms with Crippen LogP contribution in [0.3, 0.4) is 0 Å². The van der Waals surface area contributed by atoms with Crippen LogP contribution in [0.5, 0.6) is 0 Å². The van der Waals surface area contributed by atoms with Crippen LogP contribution < -0.4 is 5.73 Å². The van der Waals surface area contributed by atoms with Gasteiger partial charge in [-0.3, -0.25) is 0 Å². The third-order valence-electron chi connectivity index (χ3n) is 2.09. The highest BCUT2D eigenvalue weighted by Crippen LogP contribution is 2.38. The Labute approximate surface area is 96.8 Å². The lowest BCUT2D eigenvalue weighted by Gasteiger charge is -2.28. The van der Waals surface area contributed by atoms with E-state index in [1.807, 2.05) is 17.8 Å². The van der Waals surface area contributed by atoms with Crippen molar-refractivity contribution in [1.29, 1.82) is 0 Å². The summed E-state index contributed by atoms with van der Waals surface area (Å²) in [6, 6.07) is 4.00. The first kappa shape index (κ1) is 10.8. The molecule has 2 rings (SSSR count). The van der Waals surface area contributed by atoms with Gasteiger partial charge in [0, 0.05) is 11.4 Å². The normalized spacial score (nSPS) is 19.3. The van der Waals surface area contributed by atoms with E-state index in [0.717, 1.165) is 17.6 Å². The highest BCUT2D eigenvalue weighted by atomic mass is 35.5. The van der Waals surface area contributed by atoms with Gasteiger partial charge in [-0.1, -0.05) is 11.6 Å². The molecule has 0 bridgehead atoms. The van der Waals surface area contributed by atoms with E-state index in [-0.39, 0.29) is 0 Å². The summed E-state index contributed by atoms with van der Waals surface area (Å²) >= 11 is 9.41. The van der Waals surface area contributed by atoms with Gasteiger partial charge < -0.3 is 10.5 Å². The molecule has 0 radical (unpaired) electrons. The number of thiophene rings is 1. The molecule has 1 aliphatic heterocycles. The van der Waals surface area contributed by atoms with Crippen LogP contribution in [0.25, 0.3) is 0 Å². The fraction of sp³-hybridized carbons (Fsp3) is 0.556. The zero-order chi connectivity index (χ0) is 9.97. The van der Waals surface area contributed by atoms with Gasteiger partial charge in [-0.05, 0) is 12.1 Å². The minimum atomic E-state index is 0.376. The van der Waals surface area contributed by atoms with E-state index in [1.54, 1.807) is 11.3 Å². The molecule has 0 aliphatic carbocycles. The van der Waals surface area contributed by atoms with E-state index in [9.17, 15) is 0 Å². The van der Waals surface area contributed by atoms with Gasteiger partial charge in [-0.2, -0.15) is 0 Å². The minimum Gasteiger partial charge on any atom is -0.379 e. The molecule has 0 amide bonds. The average molecular weight is 250 g/mol. The zero-order valence-corrected chi connectivity index (χ0v) is 10.00. The Bertz CT molecular complexity index is 301. The summed E-state index contributed by atoms with van der Waals surface area (Å²) in [6.45, 7) is 2.39. The van der Waals surface area contributed by atoms with Crippen molar-refractivity contribution in [3.05, 3.63) is 21.3 Å². The number of rotatable bonds is 4. The smallest absolute Gasteiger partial charge is 0.0931 e. The maximum atomic E-state index is 5.89. The Morgan fingerprint density at radius 3 is 2.86 bits per heavy atom. The second-order valence-corrected chi connectivity index (χ2v) is 6.42. The van der Waals surface area contributed by atoms with Crippen molar-refractivity contribution < 1.29 is 4.74 Å². The van der Waals surface area contributed by atoms with Crippen LogP contribution in [0.2, 0.25) is 4.34 Å². The molecule has 0 saturated carbocycles. The second kappa shape index (κ2) is 4.86. The average Bonchev–Trinajstić information content (AvgIpc) is 2.50. The third kappa shape index (κ3) is 2.44. The van der Waals surface area contributed by atoms with Crippen LogP contribution >= 0.6 is 34.7 Å². The molecule has 14 heavy (non-hydrogen) atoms. The van der Waals surface area contributed by atoms with E-state index >= 15 is 0 Å². The molecule has 5 heteroatoms. The molecule has 0 spiro atoms. The van der Waals surface area contributed by atoms with Crippen molar-refractivity contribution in [2.75, 3.05) is 19.8 Å². The summed E-state index contributed by atoms with van der Waals surface area (Å²) in [5.74, 6) is 0. The van der Waals surface area contributed by atoms with Crippen LogP contribution in [0.15, 0.2) is 12.1 Å². The maximum Gasteiger partial charge on any atom is 0.0931 e. The van der Waals surface area contributed by atoms with Gasteiger partial charge >= 0.3 is 0 Å². The molecule has 1 aromatic rings. The number of thioether (sulfide) groups is 1. The molecule has 1 unspecified atom stereocenters. The Kier molecular flexibility index (Phi) is 3.73. The molecule has 1 atom stereocenters. The predicted octanol–water partition coefficient (Wildman–Crippen LogP) is 2.53. The Balaban J connectivity index is 1.97. The topological polar surface area (TPSA) is 35.2 Å². The van der Waals surface area contributed by atoms with Crippen LogP contribution in [0.4, 0.5) is 0 Å². The highest BCUT2D eigenvalue weighted by molar-refractivity contribution is 8.00. The van der Waals surface area contributed by atoms with Crippen molar-refractivity contribution >= 4 is 34.7 Å². The lowest BCUT2D eigenvalue weighted by Crippen LogP contribution is -2.31. The van der Waals surface area contributed by atoms with Gasteiger partial charge in [0.25, 0.3) is 0 Å². The standard InChI is InChI=1S/C9H12ClNOS2/c10-9-2-1-7(14-9)8(3-11)13-6-4-12-5-6/h1-2,6,8H,3-5,11H2. The fourth-order valence-corrected chi connectivity index (χ4v) is 3.77. The fourth-order valence-electron chi connectivity index (χ4n) is 1.27. The number of hydrogen-bond acceptors (Lipinski definition) is 4. The Hall–Kier alpha value is 0.260. The van der Waals surface area contributed by atoms with Gasteiger partial charge in [0.1, 0.15) is 0 Å². The van der Waals surface area contributed by atoms with E-state index in [4.69, 9.17) is 22.1 Å². The molecular weight excluding hydrogens is 238 g/mol. The van der Waals surface area contributed by atoms with Crippen molar-refractivity contribution in [1.82, 2.24) is 0 Å². The number of halogens is 1. The molecule has 1 aromatic heterocycles. The van der Waals surface area contributed by atoms with Crippen LogP contribution in [0.1, 0.15) is 10.1 Å². The summed E-state index contributed by atoms with van der Waals surface area (Å²) in [7, 11) is 0. The molecule has 78 valence electrons.